The van der Waals surface area contributed by atoms with E-state index in [1.54, 1.807) is 0 Å². The van der Waals surface area contributed by atoms with Crippen LogP contribution in [0.4, 0.5) is 0 Å². The number of hydrogen-bond acceptors (Lipinski definition) is 4. The molecule has 15 heavy (non-hydrogen) atoms. The first-order valence-electron chi connectivity index (χ1n) is 5.57. The summed E-state index contributed by atoms with van der Waals surface area (Å²) in [6.07, 6.45) is 4.95. The summed E-state index contributed by atoms with van der Waals surface area (Å²) in [6.45, 7) is 2.04. The molecule has 2 nitrogen and oxygen atoms in total. The third-order valence-corrected chi connectivity index (χ3v) is 5.10. The summed E-state index contributed by atoms with van der Waals surface area (Å²) in [5.74, 6) is 1.30. The van der Waals surface area contributed by atoms with Gasteiger partial charge in [-0.1, -0.05) is 6.42 Å². The normalized spacial score (nSPS) is 24.0. The number of thiazole rings is 1. The number of aromatic nitrogens is 1. The van der Waals surface area contributed by atoms with E-state index in [0.717, 1.165) is 6.42 Å². The molecule has 1 aromatic heterocycles. The van der Waals surface area contributed by atoms with E-state index in [2.05, 4.69) is 17.1 Å². The minimum atomic E-state index is 0.221. The van der Waals surface area contributed by atoms with Crippen molar-refractivity contribution < 1.29 is 0 Å². The van der Waals surface area contributed by atoms with Gasteiger partial charge in [0, 0.05) is 17.8 Å². The van der Waals surface area contributed by atoms with Gasteiger partial charge in [0.05, 0.1) is 10.9 Å². The van der Waals surface area contributed by atoms with Crippen LogP contribution in [0.3, 0.4) is 0 Å². The lowest BCUT2D eigenvalue weighted by Crippen LogP contribution is -2.18. The first kappa shape index (κ1) is 11.4. The van der Waals surface area contributed by atoms with Crippen LogP contribution in [0, 0.1) is 0 Å². The van der Waals surface area contributed by atoms with Crippen molar-refractivity contribution in [3.05, 3.63) is 16.1 Å². The van der Waals surface area contributed by atoms with E-state index in [1.165, 1.54) is 35.7 Å². The first-order chi connectivity index (χ1) is 7.25. The molecule has 1 aliphatic rings. The number of nitrogens with two attached hydrogens (primary N) is 1. The maximum absolute atomic E-state index is 5.77. The van der Waals surface area contributed by atoms with Crippen molar-refractivity contribution in [1.82, 2.24) is 4.98 Å². The van der Waals surface area contributed by atoms with Gasteiger partial charge < -0.3 is 5.73 Å². The Bertz CT molecular complexity index is 303. The summed E-state index contributed by atoms with van der Waals surface area (Å²) in [4.78, 5) is 4.69. The van der Waals surface area contributed by atoms with E-state index < -0.39 is 0 Å². The number of rotatable bonds is 3. The summed E-state index contributed by atoms with van der Waals surface area (Å²) in [5, 5.41) is 4.15. The number of thioether (sulfide) groups is 1. The van der Waals surface area contributed by atoms with Gasteiger partial charge in [0.2, 0.25) is 0 Å². The molecule has 0 aromatic carbocycles. The summed E-state index contributed by atoms with van der Waals surface area (Å²) in [6, 6.07) is 0.221. The van der Waals surface area contributed by atoms with Gasteiger partial charge in [-0.15, -0.1) is 11.3 Å². The van der Waals surface area contributed by atoms with Gasteiger partial charge in [-0.25, -0.2) is 4.98 Å². The molecule has 1 aliphatic heterocycles. The van der Waals surface area contributed by atoms with Crippen LogP contribution in [0.25, 0.3) is 0 Å². The molecule has 2 atom stereocenters. The zero-order chi connectivity index (χ0) is 10.7. The Morgan fingerprint density at radius 3 is 3.13 bits per heavy atom. The molecule has 0 radical (unpaired) electrons. The second kappa shape index (κ2) is 5.32. The molecule has 4 heteroatoms. The molecule has 0 saturated carbocycles. The van der Waals surface area contributed by atoms with Gasteiger partial charge in [-0.2, -0.15) is 11.8 Å². The fourth-order valence-corrected chi connectivity index (χ4v) is 4.23. The van der Waals surface area contributed by atoms with Crippen molar-refractivity contribution in [2.75, 3.05) is 5.75 Å². The van der Waals surface area contributed by atoms with Gasteiger partial charge in [-0.05, 0) is 25.5 Å². The van der Waals surface area contributed by atoms with Gasteiger partial charge in [0.25, 0.3) is 0 Å². The highest BCUT2D eigenvalue weighted by molar-refractivity contribution is 7.99. The molecule has 2 rings (SSSR count). The third kappa shape index (κ3) is 3.20. The Morgan fingerprint density at radius 2 is 2.47 bits per heavy atom. The molecule has 2 heterocycles. The van der Waals surface area contributed by atoms with Gasteiger partial charge in [0.15, 0.2) is 0 Å². The molecular weight excluding hydrogens is 224 g/mol. The van der Waals surface area contributed by atoms with Crippen LogP contribution in [0.5, 0.6) is 0 Å². The van der Waals surface area contributed by atoms with Crippen molar-refractivity contribution in [2.24, 2.45) is 5.73 Å². The van der Waals surface area contributed by atoms with Crippen molar-refractivity contribution in [1.29, 1.82) is 0 Å². The Hall–Kier alpha value is -0.0600. The van der Waals surface area contributed by atoms with Crippen LogP contribution in [0.2, 0.25) is 0 Å². The maximum Gasteiger partial charge on any atom is 0.106 e. The maximum atomic E-state index is 5.77. The molecule has 2 N–H and O–H groups in total. The second-order valence-corrected chi connectivity index (χ2v) is 6.41. The topological polar surface area (TPSA) is 38.9 Å². The SMILES string of the molecule is CC(N)Cc1csc(C2CCCCS2)n1. The van der Waals surface area contributed by atoms with Crippen LogP contribution in [0.15, 0.2) is 5.38 Å². The predicted molar refractivity (Wildman–Crippen MR) is 68.5 cm³/mol. The summed E-state index contributed by atoms with van der Waals surface area (Å²) >= 11 is 3.88. The molecule has 2 unspecified atom stereocenters. The van der Waals surface area contributed by atoms with E-state index in [1.807, 2.05) is 18.3 Å². The fraction of sp³-hybridized carbons (Fsp3) is 0.727. The lowest BCUT2D eigenvalue weighted by molar-refractivity contribution is 0.677. The Morgan fingerprint density at radius 1 is 1.60 bits per heavy atom. The molecular formula is C11H18N2S2. The minimum absolute atomic E-state index is 0.221. The molecule has 1 saturated heterocycles. The monoisotopic (exact) mass is 242 g/mol. The zero-order valence-corrected chi connectivity index (χ0v) is 10.7. The lowest BCUT2D eigenvalue weighted by Gasteiger charge is -2.18. The predicted octanol–water partition coefficient (Wildman–Crippen LogP) is 2.99. The smallest absolute Gasteiger partial charge is 0.106 e. The van der Waals surface area contributed by atoms with Crippen molar-refractivity contribution >= 4 is 23.1 Å². The third-order valence-electron chi connectivity index (χ3n) is 2.56. The standard InChI is InChI=1S/C11H18N2S2/c1-8(12)6-9-7-15-11(13-9)10-4-2-3-5-14-10/h7-8,10H,2-6,12H2,1H3. The minimum Gasteiger partial charge on any atom is -0.328 e. The van der Waals surface area contributed by atoms with Crippen LogP contribution in [-0.2, 0) is 6.42 Å². The summed E-state index contributed by atoms with van der Waals surface area (Å²) in [5.41, 5.74) is 6.95. The highest BCUT2D eigenvalue weighted by Crippen LogP contribution is 2.39. The van der Waals surface area contributed by atoms with E-state index >= 15 is 0 Å². The highest BCUT2D eigenvalue weighted by Gasteiger charge is 2.19. The molecule has 0 bridgehead atoms. The second-order valence-electron chi connectivity index (χ2n) is 4.21. The fourth-order valence-electron chi connectivity index (χ4n) is 1.83. The summed E-state index contributed by atoms with van der Waals surface area (Å²) < 4.78 is 0. The van der Waals surface area contributed by atoms with E-state index in [9.17, 15) is 0 Å². The molecule has 1 aromatic rings. The number of hydrogen-bond donors (Lipinski definition) is 1. The summed E-state index contributed by atoms with van der Waals surface area (Å²) in [7, 11) is 0. The molecule has 1 fully saturated rings. The van der Waals surface area contributed by atoms with E-state index in [4.69, 9.17) is 10.7 Å². The van der Waals surface area contributed by atoms with Crippen LogP contribution in [0.1, 0.15) is 42.1 Å². The molecule has 0 aliphatic carbocycles. The van der Waals surface area contributed by atoms with Gasteiger partial charge in [-0.3, -0.25) is 0 Å². The highest BCUT2D eigenvalue weighted by atomic mass is 32.2. The van der Waals surface area contributed by atoms with E-state index in [-0.39, 0.29) is 6.04 Å². The quantitative estimate of drug-likeness (QED) is 0.885. The Balaban J connectivity index is 1.99. The Labute approximate surface area is 99.7 Å². The molecule has 84 valence electrons. The van der Waals surface area contributed by atoms with Crippen molar-refractivity contribution in [3.63, 3.8) is 0 Å². The average molecular weight is 242 g/mol. The van der Waals surface area contributed by atoms with Gasteiger partial charge in [0.1, 0.15) is 5.01 Å². The Kier molecular flexibility index (Phi) is 4.05. The largest absolute Gasteiger partial charge is 0.328 e. The average Bonchev–Trinajstić information content (AvgIpc) is 2.67. The van der Waals surface area contributed by atoms with Crippen molar-refractivity contribution in [2.45, 2.75) is 43.9 Å². The van der Waals surface area contributed by atoms with Crippen LogP contribution >= 0.6 is 23.1 Å². The van der Waals surface area contributed by atoms with Gasteiger partial charge >= 0.3 is 0 Å². The van der Waals surface area contributed by atoms with Crippen molar-refractivity contribution in [3.8, 4) is 0 Å². The van der Waals surface area contributed by atoms with Crippen LogP contribution in [-0.4, -0.2) is 16.8 Å². The lowest BCUT2D eigenvalue weighted by atomic mass is 10.2. The number of nitrogens with zero attached hydrogens (tertiary/aromatic N) is 1. The van der Waals surface area contributed by atoms with Crippen LogP contribution < -0.4 is 5.73 Å². The molecule has 0 amide bonds. The van der Waals surface area contributed by atoms with E-state index in [0.29, 0.717) is 5.25 Å². The first-order valence-corrected chi connectivity index (χ1v) is 7.50. The molecule has 0 spiro atoms. The zero-order valence-electron chi connectivity index (χ0n) is 9.11.